The Kier molecular flexibility index (Phi) is 9.00. The van der Waals surface area contributed by atoms with Gasteiger partial charge in [0.25, 0.3) is 0 Å². The molecule has 2 aliphatic carbocycles. The SMILES string of the molecule is CC(C)C1C/C(=C2/CCCCC(CCCC(C)C3CC3)C=N2)C(=N)c2ccc(OC(F)F)cc2C1C. The Morgan fingerprint density at radius 2 is 1.89 bits per heavy atom. The number of nitrogens with one attached hydrogen (secondary N) is 1. The molecule has 1 aliphatic heterocycles. The first-order chi connectivity index (χ1) is 17.2. The van der Waals surface area contributed by atoms with Gasteiger partial charge in [-0.3, -0.25) is 10.4 Å². The van der Waals surface area contributed by atoms with Crippen LogP contribution in [0, 0.1) is 35.0 Å². The summed E-state index contributed by atoms with van der Waals surface area (Å²) in [6.45, 7) is 6.17. The van der Waals surface area contributed by atoms with Crippen LogP contribution in [-0.4, -0.2) is 18.5 Å². The molecule has 1 aromatic carbocycles. The van der Waals surface area contributed by atoms with Crippen LogP contribution in [0.2, 0.25) is 0 Å². The molecule has 4 unspecified atom stereocenters. The Morgan fingerprint density at radius 3 is 2.58 bits per heavy atom. The number of rotatable bonds is 8. The first-order valence-electron chi connectivity index (χ1n) is 14.2. The van der Waals surface area contributed by atoms with E-state index in [1.165, 1.54) is 44.9 Å². The van der Waals surface area contributed by atoms with E-state index in [2.05, 4.69) is 33.9 Å². The van der Waals surface area contributed by atoms with Crippen LogP contribution in [0.15, 0.2) is 34.5 Å². The van der Waals surface area contributed by atoms with Crippen LogP contribution >= 0.6 is 0 Å². The smallest absolute Gasteiger partial charge is 0.387 e. The lowest BCUT2D eigenvalue weighted by molar-refractivity contribution is -0.0499. The summed E-state index contributed by atoms with van der Waals surface area (Å²) in [4.78, 5) is 5.06. The molecule has 0 radical (unpaired) electrons. The van der Waals surface area contributed by atoms with Crippen molar-refractivity contribution in [2.45, 2.75) is 104 Å². The van der Waals surface area contributed by atoms with Gasteiger partial charge in [0.05, 0.1) is 5.71 Å². The molecule has 198 valence electrons. The summed E-state index contributed by atoms with van der Waals surface area (Å²) in [6.07, 6.45) is 14.1. The van der Waals surface area contributed by atoms with E-state index in [4.69, 9.17) is 9.73 Å². The molecule has 0 saturated heterocycles. The predicted molar refractivity (Wildman–Crippen MR) is 144 cm³/mol. The minimum atomic E-state index is -2.85. The summed E-state index contributed by atoms with van der Waals surface area (Å²) in [5.41, 5.74) is 4.38. The van der Waals surface area contributed by atoms with Crippen molar-refractivity contribution in [2.24, 2.45) is 34.6 Å². The molecule has 1 N–H and O–H groups in total. The van der Waals surface area contributed by atoms with Crippen LogP contribution in [0.25, 0.3) is 0 Å². The number of hydrogen-bond donors (Lipinski definition) is 1. The van der Waals surface area contributed by atoms with Crippen LogP contribution in [0.4, 0.5) is 8.78 Å². The average Bonchev–Trinajstić information content (AvgIpc) is 3.66. The zero-order valence-electron chi connectivity index (χ0n) is 22.5. The minimum absolute atomic E-state index is 0.137. The van der Waals surface area contributed by atoms with Gasteiger partial charge < -0.3 is 4.74 Å². The second kappa shape index (κ2) is 12.0. The van der Waals surface area contributed by atoms with E-state index in [1.807, 2.05) is 0 Å². The number of alkyl halides is 2. The molecular formula is C31H44F2N2O. The molecule has 3 aliphatic rings. The van der Waals surface area contributed by atoms with Crippen molar-refractivity contribution in [3.05, 3.63) is 40.6 Å². The molecule has 1 fully saturated rings. The second-order valence-corrected chi connectivity index (χ2v) is 11.9. The number of aliphatic imine (C=N–C) groups is 1. The quantitative estimate of drug-likeness (QED) is 0.357. The molecule has 1 saturated carbocycles. The first-order valence-corrected chi connectivity index (χ1v) is 14.2. The number of benzene rings is 1. The van der Waals surface area contributed by atoms with E-state index >= 15 is 0 Å². The fourth-order valence-electron chi connectivity index (χ4n) is 6.39. The number of allylic oxidation sites excluding steroid dienone is 2. The monoisotopic (exact) mass is 498 g/mol. The van der Waals surface area contributed by atoms with Crippen molar-refractivity contribution in [1.82, 2.24) is 0 Å². The molecule has 1 aromatic rings. The highest BCUT2D eigenvalue weighted by molar-refractivity contribution is 6.12. The Labute approximate surface area is 216 Å². The lowest BCUT2D eigenvalue weighted by Crippen LogP contribution is -2.17. The number of nitrogens with zero attached hydrogens (tertiary/aromatic N) is 1. The lowest BCUT2D eigenvalue weighted by atomic mass is 9.78. The van der Waals surface area contributed by atoms with E-state index in [0.717, 1.165) is 53.5 Å². The number of hydrogen-bond acceptors (Lipinski definition) is 3. The molecule has 3 nitrogen and oxygen atoms in total. The Morgan fingerprint density at radius 1 is 1.11 bits per heavy atom. The van der Waals surface area contributed by atoms with Crippen LogP contribution in [-0.2, 0) is 0 Å². The summed E-state index contributed by atoms with van der Waals surface area (Å²) < 4.78 is 30.5. The van der Waals surface area contributed by atoms with Crippen molar-refractivity contribution in [2.75, 3.05) is 0 Å². The highest BCUT2D eigenvalue weighted by Crippen LogP contribution is 2.43. The minimum Gasteiger partial charge on any atom is -0.435 e. The molecular weight excluding hydrogens is 454 g/mol. The van der Waals surface area contributed by atoms with Gasteiger partial charge in [0.1, 0.15) is 5.75 Å². The summed E-state index contributed by atoms with van der Waals surface area (Å²) in [5.74, 6) is 3.37. The third-order valence-electron chi connectivity index (χ3n) is 8.94. The number of ether oxygens (including phenoxy) is 1. The molecule has 0 aromatic heterocycles. The Bertz CT molecular complexity index is 979. The molecule has 4 atom stereocenters. The van der Waals surface area contributed by atoms with Gasteiger partial charge in [0, 0.05) is 17.5 Å². The number of halogens is 2. The summed E-state index contributed by atoms with van der Waals surface area (Å²) >= 11 is 0. The van der Waals surface area contributed by atoms with E-state index in [-0.39, 0.29) is 11.7 Å². The van der Waals surface area contributed by atoms with Crippen molar-refractivity contribution >= 4 is 11.9 Å². The highest BCUT2D eigenvalue weighted by atomic mass is 19.3. The van der Waals surface area contributed by atoms with Crippen molar-refractivity contribution in [1.29, 1.82) is 5.41 Å². The average molecular weight is 499 g/mol. The van der Waals surface area contributed by atoms with Crippen molar-refractivity contribution in [3.8, 4) is 5.75 Å². The van der Waals surface area contributed by atoms with E-state index in [9.17, 15) is 14.2 Å². The van der Waals surface area contributed by atoms with Gasteiger partial charge in [-0.05, 0) is 110 Å². The largest absolute Gasteiger partial charge is 0.435 e. The van der Waals surface area contributed by atoms with Gasteiger partial charge in [-0.1, -0.05) is 47.0 Å². The molecule has 4 rings (SSSR count). The van der Waals surface area contributed by atoms with Crippen LogP contribution in [0.5, 0.6) is 5.75 Å². The maximum atomic E-state index is 12.9. The number of fused-ring (bicyclic) bond motifs is 1. The van der Waals surface area contributed by atoms with Gasteiger partial charge in [-0.2, -0.15) is 8.78 Å². The van der Waals surface area contributed by atoms with Crippen molar-refractivity contribution < 1.29 is 13.5 Å². The summed E-state index contributed by atoms with van der Waals surface area (Å²) in [6, 6.07) is 5.10. The molecule has 1 heterocycles. The second-order valence-electron chi connectivity index (χ2n) is 11.9. The fourth-order valence-corrected chi connectivity index (χ4v) is 6.39. The maximum absolute atomic E-state index is 12.9. The van der Waals surface area contributed by atoms with E-state index < -0.39 is 6.61 Å². The zero-order valence-corrected chi connectivity index (χ0v) is 22.5. The van der Waals surface area contributed by atoms with Crippen LogP contribution in [0.3, 0.4) is 0 Å². The third-order valence-corrected chi connectivity index (χ3v) is 8.94. The third kappa shape index (κ3) is 6.63. The topological polar surface area (TPSA) is 45.4 Å². The Balaban J connectivity index is 1.60. The van der Waals surface area contributed by atoms with Gasteiger partial charge in [-0.25, -0.2) is 0 Å². The van der Waals surface area contributed by atoms with E-state index in [1.54, 1.807) is 18.2 Å². The summed E-state index contributed by atoms with van der Waals surface area (Å²) in [5, 5.41) is 9.20. The van der Waals surface area contributed by atoms with Gasteiger partial charge in [0.2, 0.25) is 0 Å². The maximum Gasteiger partial charge on any atom is 0.387 e. The molecule has 0 bridgehead atoms. The standard InChI is InChI=1S/C31H44F2N2O/c1-19(2)26-17-28(30(34)25-15-14-24(36-31(32)33)16-27(25)21(26)4)29-11-6-5-9-22(18-35-29)10-7-8-20(3)23-12-13-23/h14-16,18-23,26,31,34H,5-13,17H2,1-4H3/b29-28+,34-30?,35-18?. The van der Waals surface area contributed by atoms with E-state index in [0.29, 0.717) is 23.5 Å². The lowest BCUT2D eigenvalue weighted by Gasteiger charge is -2.27. The molecule has 0 amide bonds. The summed E-state index contributed by atoms with van der Waals surface area (Å²) in [7, 11) is 0. The fraction of sp³-hybridized carbons (Fsp3) is 0.677. The van der Waals surface area contributed by atoms with Gasteiger partial charge in [0.15, 0.2) is 0 Å². The van der Waals surface area contributed by atoms with Crippen LogP contribution in [0.1, 0.15) is 109 Å². The molecule has 5 heteroatoms. The van der Waals surface area contributed by atoms with Gasteiger partial charge in [-0.15, -0.1) is 0 Å². The molecule has 36 heavy (non-hydrogen) atoms. The Hall–Kier alpha value is -2.04. The predicted octanol–water partition coefficient (Wildman–Crippen LogP) is 9.17. The first kappa shape index (κ1) is 27.0. The highest BCUT2D eigenvalue weighted by Gasteiger charge is 2.33. The normalized spacial score (nSPS) is 28.0. The van der Waals surface area contributed by atoms with Crippen molar-refractivity contribution in [3.63, 3.8) is 0 Å². The zero-order chi connectivity index (χ0) is 25.8. The molecule has 0 spiro atoms. The van der Waals surface area contributed by atoms with Crippen LogP contribution < -0.4 is 4.74 Å². The van der Waals surface area contributed by atoms with Gasteiger partial charge >= 0.3 is 6.61 Å².